The summed E-state index contributed by atoms with van der Waals surface area (Å²) in [6.45, 7) is 1.89. The zero-order valence-corrected chi connectivity index (χ0v) is 11.6. The first-order valence-corrected chi connectivity index (χ1v) is 8.00. The second-order valence-electron chi connectivity index (χ2n) is 5.65. The Morgan fingerprint density at radius 1 is 1.16 bits per heavy atom. The third-order valence-electron chi connectivity index (χ3n) is 4.23. The van der Waals surface area contributed by atoms with Crippen molar-refractivity contribution in [1.82, 2.24) is 0 Å². The Bertz CT molecular complexity index is 567. The molecule has 2 bridgehead atoms. The fraction of sp³-hybridized carbons (Fsp3) is 0.571. The predicted octanol–water partition coefficient (Wildman–Crippen LogP) is 2.84. The molecule has 0 aromatic heterocycles. The van der Waals surface area contributed by atoms with Crippen LogP contribution in [0.25, 0.3) is 0 Å². The van der Waals surface area contributed by atoms with Crippen LogP contribution in [0.2, 0.25) is 0 Å². The number of alkyl halides is 1. The highest BCUT2D eigenvalue weighted by Gasteiger charge is 2.48. The molecule has 4 atom stereocenters. The third kappa shape index (κ3) is 2.41. The van der Waals surface area contributed by atoms with Crippen LogP contribution in [0, 0.1) is 18.8 Å². The quantitative estimate of drug-likeness (QED) is 0.802. The van der Waals surface area contributed by atoms with Crippen molar-refractivity contribution in [2.75, 3.05) is 0 Å². The van der Waals surface area contributed by atoms with Gasteiger partial charge in [0, 0.05) is 5.92 Å². The Morgan fingerprint density at radius 3 is 2.42 bits per heavy atom. The molecule has 0 radical (unpaired) electrons. The molecular formula is C14H17FO3S. The number of hydrogen-bond donors (Lipinski definition) is 0. The predicted molar refractivity (Wildman–Crippen MR) is 69.0 cm³/mol. The molecule has 0 N–H and O–H groups in total. The van der Waals surface area contributed by atoms with Crippen LogP contribution in [0.15, 0.2) is 29.2 Å². The van der Waals surface area contributed by atoms with Crippen LogP contribution >= 0.6 is 0 Å². The monoisotopic (exact) mass is 284 g/mol. The van der Waals surface area contributed by atoms with E-state index in [-0.39, 0.29) is 10.8 Å². The molecule has 0 saturated heterocycles. The maximum absolute atomic E-state index is 13.6. The summed E-state index contributed by atoms with van der Waals surface area (Å²) in [6, 6.07) is 6.53. The molecule has 0 amide bonds. The Morgan fingerprint density at radius 2 is 1.84 bits per heavy atom. The molecule has 2 fully saturated rings. The van der Waals surface area contributed by atoms with E-state index in [9.17, 15) is 12.8 Å². The van der Waals surface area contributed by atoms with Gasteiger partial charge in [0.25, 0.3) is 10.1 Å². The first-order chi connectivity index (χ1) is 8.95. The lowest BCUT2D eigenvalue weighted by Gasteiger charge is -2.24. The van der Waals surface area contributed by atoms with E-state index in [1.54, 1.807) is 12.1 Å². The molecule has 2 saturated carbocycles. The van der Waals surface area contributed by atoms with Gasteiger partial charge in [-0.25, -0.2) is 4.39 Å². The summed E-state index contributed by atoms with van der Waals surface area (Å²) < 4.78 is 43.2. The number of benzene rings is 1. The van der Waals surface area contributed by atoms with E-state index in [2.05, 4.69) is 0 Å². The molecule has 0 spiro atoms. The van der Waals surface area contributed by atoms with Crippen LogP contribution in [0.1, 0.15) is 24.8 Å². The summed E-state index contributed by atoms with van der Waals surface area (Å²) >= 11 is 0. The molecule has 0 aliphatic heterocycles. The minimum absolute atomic E-state index is 0.149. The van der Waals surface area contributed by atoms with E-state index in [1.807, 2.05) is 6.92 Å². The van der Waals surface area contributed by atoms with Crippen molar-refractivity contribution in [1.29, 1.82) is 0 Å². The van der Waals surface area contributed by atoms with Crippen LogP contribution in [-0.4, -0.2) is 20.7 Å². The fourth-order valence-electron chi connectivity index (χ4n) is 3.24. The van der Waals surface area contributed by atoms with Crippen molar-refractivity contribution in [3.05, 3.63) is 29.8 Å². The number of hydrogen-bond acceptors (Lipinski definition) is 3. The highest BCUT2D eigenvalue weighted by Crippen LogP contribution is 2.48. The van der Waals surface area contributed by atoms with Gasteiger partial charge in [0.15, 0.2) is 0 Å². The minimum Gasteiger partial charge on any atom is -0.263 e. The van der Waals surface area contributed by atoms with Crippen LogP contribution in [0.5, 0.6) is 0 Å². The van der Waals surface area contributed by atoms with Crippen molar-refractivity contribution in [3.63, 3.8) is 0 Å². The lowest BCUT2D eigenvalue weighted by atomic mass is 9.96. The van der Waals surface area contributed by atoms with Crippen molar-refractivity contribution in [2.45, 2.75) is 43.4 Å². The summed E-state index contributed by atoms with van der Waals surface area (Å²) in [7, 11) is -3.77. The zero-order valence-electron chi connectivity index (χ0n) is 10.8. The Labute approximate surface area is 112 Å². The largest absolute Gasteiger partial charge is 0.297 e. The van der Waals surface area contributed by atoms with Crippen LogP contribution in [-0.2, 0) is 14.3 Å². The second-order valence-corrected chi connectivity index (χ2v) is 7.23. The van der Waals surface area contributed by atoms with Crippen LogP contribution in [0.3, 0.4) is 0 Å². The molecule has 3 rings (SSSR count). The smallest absolute Gasteiger partial charge is 0.263 e. The van der Waals surface area contributed by atoms with Crippen LogP contribution < -0.4 is 0 Å². The molecule has 1 aromatic rings. The van der Waals surface area contributed by atoms with E-state index in [1.165, 1.54) is 12.1 Å². The first kappa shape index (κ1) is 13.1. The third-order valence-corrected chi connectivity index (χ3v) is 5.58. The maximum atomic E-state index is 13.6. The second kappa shape index (κ2) is 4.56. The van der Waals surface area contributed by atoms with Crippen molar-refractivity contribution >= 4 is 10.1 Å². The summed E-state index contributed by atoms with van der Waals surface area (Å²) in [4.78, 5) is 0.149. The Hall–Kier alpha value is -0.940. The molecule has 2 aliphatic carbocycles. The lowest BCUT2D eigenvalue weighted by Crippen LogP contribution is -2.30. The number of rotatable bonds is 3. The van der Waals surface area contributed by atoms with Gasteiger partial charge in [0.05, 0.1) is 11.0 Å². The van der Waals surface area contributed by atoms with Crippen molar-refractivity contribution < 1.29 is 17.0 Å². The summed E-state index contributed by atoms with van der Waals surface area (Å²) in [5.41, 5.74) is 0.989. The zero-order chi connectivity index (χ0) is 13.6. The molecule has 0 unspecified atom stereocenters. The van der Waals surface area contributed by atoms with E-state index in [0.717, 1.165) is 12.0 Å². The SMILES string of the molecule is Cc1ccc(S(=O)(=O)O[C@@H]2C[C@H]3C[C@H]2[C@H](F)C3)cc1. The molecule has 2 aliphatic rings. The molecule has 104 valence electrons. The van der Waals surface area contributed by atoms with Crippen LogP contribution in [0.4, 0.5) is 4.39 Å². The maximum Gasteiger partial charge on any atom is 0.297 e. The first-order valence-electron chi connectivity index (χ1n) is 6.60. The molecule has 3 nitrogen and oxygen atoms in total. The Balaban J connectivity index is 1.77. The van der Waals surface area contributed by atoms with Gasteiger partial charge in [-0.05, 0) is 44.2 Å². The van der Waals surface area contributed by atoms with Crippen molar-refractivity contribution in [3.8, 4) is 0 Å². The summed E-state index contributed by atoms with van der Waals surface area (Å²) in [6.07, 6.45) is 0.595. The standard InChI is InChI=1S/C14H17FO3S/c1-9-2-4-11(5-3-9)19(16,17)18-14-8-10-6-12(14)13(15)7-10/h2-5,10,12-14H,6-8H2,1H3/t10-,12-,13+,14+/m0/s1. The normalized spacial score (nSPS) is 33.8. The topological polar surface area (TPSA) is 43.4 Å². The minimum atomic E-state index is -3.77. The Kier molecular flexibility index (Phi) is 3.14. The number of halogens is 1. The van der Waals surface area contributed by atoms with Gasteiger partial charge < -0.3 is 0 Å². The summed E-state index contributed by atoms with van der Waals surface area (Å²) in [5, 5.41) is 0. The molecule has 5 heteroatoms. The van der Waals surface area contributed by atoms with Gasteiger partial charge in [-0.2, -0.15) is 8.42 Å². The molecule has 19 heavy (non-hydrogen) atoms. The van der Waals surface area contributed by atoms with Gasteiger partial charge >= 0.3 is 0 Å². The fourth-order valence-corrected chi connectivity index (χ4v) is 4.36. The summed E-state index contributed by atoms with van der Waals surface area (Å²) in [5.74, 6) is 0.0449. The van der Waals surface area contributed by atoms with Gasteiger partial charge in [-0.3, -0.25) is 4.18 Å². The lowest BCUT2D eigenvalue weighted by molar-refractivity contribution is 0.0875. The van der Waals surface area contributed by atoms with Gasteiger partial charge in [-0.15, -0.1) is 0 Å². The average Bonchev–Trinajstić information content (AvgIpc) is 2.87. The van der Waals surface area contributed by atoms with E-state index < -0.39 is 22.4 Å². The van der Waals surface area contributed by atoms with Gasteiger partial charge in [-0.1, -0.05) is 17.7 Å². The highest BCUT2D eigenvalue weighted by molar-refractivity contribution is 7.86. The van der Waals surface area contributed by atoms with E-state index in [4.69, 9.17) is 4.18 Å². The molecular weight excluding hydrogens is 267 g/mol. The van der Waals surface area contributed by atoms with E-state index >= 15 is 0 Å². The van der Waals surface area contributed by atoms with Gasteiger partial charge in [0.1, 0.15) is 6.17 Å². The highest BCUT2D eigenvalue weighted by atomic mass is 32.2. The number of fused-ring (bicyclic) bond motifs is 2. The van der Waals surface area contributed by atoms with Gasteiger partial charge in [0.2, 0.25) is 0 Å². The average molecular weight is 284 g/mol. The number of aryl methyl sites for hydroxylation is 1. The molecule has 1 aromatic carbocycles. The van der Waals surface area contributed by atoms with Crippen molar-refractivity contribution in [2.24, 2.45) is 11.8 Å². The van der Waals surface area contributed by atoms with E-state index in [0.29, 0.717) is 18.8 Å². The molecule has 0 heterocycles.